The Labute approximate surface area is 127 Å². The molecule has 6 nitrogen and oxygen atoms in total. The van der Waals surface area contributed by atoms with Gasteiger partial charge in [-0.3, -0.25) is 0 Å². The predicted molar refractivity (Wildman–Crippen MR) is 82.1 cm³/mol. The molecule has 110 valence electrons. The average molecular weight is 304 g/mol. The van der Waals surface area contributed by atoms with Crippen molar-refractivity contribution in [3.63, 3.8) is 0 Å². The quantitative estimate of drug-likeness (QED) is 0.804. The Morgan fingerprint density at radius 3 is 2.62 bits per heavy atom. The van der Waals surface area contributed by atoms with E-state index < -0.39 is 0 Å². The monoisotopic (exact) mass is 304 g/mol. The van der Waals surface area contributed by atoms with Crippen molar-refractivity contribution in [1.29, 1.82) is 0 Å². The molecule has 7 heteroatoms. The van der Waals surface area contributed by atoms with E-state index in [1.165, 1.54) is 18.4 Å². The van der Waals surface area contributed by atoms with E-state index in [0.717, 1.165) is 37.1 Å². The first-order chi connectivity index (χ1) is 10.3. The number of carbonyl (C=O) groups is 1. The SMILES string of the molecule is COC(=O)c1cnc(N2CCN(c3ccccn3)CC2)s1. The number of methoxy groups -OCH3 is 1. The number of nitrogens with zero attached hydrogens (tertiary/aromatic N) is 4. The van der Waals surface area contributed by atoms with Crippen LogP contribution in [0.1, 0.15) is 9.67 Å². The van der Waals surface area contributed by atoms with Crippen molar-refractivity contribution >= 4 is 28.3 Å². The molecule has 1 aliphatic heterocycles. The summed E-state index contributed by atoms with van der Waals surface area (Å²) in [7, 11) is 1.38. The third kappa shape index (κ3) is 2.97. The molecule has 1 saturated heterocycles. The summed E-state index contributed by atoms with van der Waals surface area (Å²) in [5, 5.41) is 0.871. The van der Waals surface area contributed by atoms with E-state index in [4.69, 9.17) is 4.74 Å². The lowest BCUT2D eigenvalue weighted by Gasteiger charge is -2.35. The molecule has 1 aliphatic rings. The van der Waals surface area contributed by atoms with E-state index in [9.17, 15) is 4.79 Å². The van der Waals surface area contributed by atoms with Crippen molar-refractivity contribution < 1.29 is 9.53 Å². The van der Waals surface area contributed by atoms with Gasteiger partial charge in [-0.1, -0.05) is 17.4 Å². The van der Waals surface area contributed by atoms with E-state index >= 15 is 0 Å². The Balaban J connectivity index is 1.63. The highest BCUT2D eigenvalue weighted by atomic mass is 32.1. The number of pyridine rings is 1. The van der Waals surface area contributed by atoms with E-state index in [1.807, 2.05) is 24.4 Å². The Morgan fingerprint density at radius 2 is 1.95 bits per heavy atom. The fraction of sp³-hybridized carbons (Fsp3) is 0.357. The number of rotatable bonds is 3. The number of hydrogen-bond donors (Lipinski definition) is 0. The van der Waals surface area contributed by atoms with Gasteiger partial charge >= 0.3 is 5.97 Å². The minimum absolute atomic E-state index is 0.328. The van der Waals surface area contributed by atoms with Crippen molar-refractivity contribution in [3.8, 4) is 0 Å². The Morgan fingerprint density at radius 1 is 1.19 bits per heavy atom. The van der Waals surface area contributed by atoms with Crippen LogP contribution >= 0.6 is 11.3 Å². The van der Waals surface area contributed by atoms with Crippen molar-refractivity contribution in [2.75, 3.05) is 43.1 Å². The number of piperazine rings is 1. The van der Waals surface area contributed by atoms with Crippen LogP contribution < -0.4 is 9.80 Å². The van der Waals surface area contributed by atoms with Crippen LogP contribution in [0.15, 0.2) is 30.6 Å². The summed E-state index contributed by atoms with van der Waals surface area (Å²) in [6, 6.07) is 5.94. The van der Waals surface area contributed by atoms with Crippen LogP contribution in [-0.2, 0) is 4.74 Å². The normalized spacial score (nSPS) is 15.1. The van der Waals surface area contributed by atoms with Gasteiger partial charge in [-0.2, -0.15) is 0 Å². The zero-order chi connectivity index (χ0) is 14.7. The average Bonchev–Trinajstić information content (AvgIpc) is 3.05. The smallest absolute Gasteiger partial charge is 0.349 e. The maximum Gasteiger partial charge on any atom is 0.349 e. The second-order valence-corrected chi connectivity index (χ2v) is 5.67. The molecule has 3 rings (SSSR count). The van der Waals surface area contributed by atoms with Crippen LogP contribution in [0.2, 0.25) is 0 Å². The molecule has 0 radical (unpaired) electrons. The summed E-state index contributed by atoms with van der Waals surface area (Å²) in [6.07, 6.45) is 3.39. The van der Waals surface area contributed by atoms with Crippen LogP contribution in [0.4, 0.5) is 10.9 Å². The molecule has 21 heavy (non-hydrogen) atoms. The molecule has 0 aliphatic carbocycles. The molecule has 2 aromatic rings. The molecule has 0 unspecified atom stereocenters. The summed E-state index contributed by atoms with van der Waals surface area (Å²) in [5.74, 6) is 0.678. The standard InChI is InChI=1S/C14H16N4O2S/c1-20-13(19)11-10-16-14(21-11)18-8-6-17(7-9-18)12-4-2-3-5-15-12/h2-5,10H,6-9H2,1H3. The third-order valence-electron chi connectivity index (χ3n) is 3.40. The number of carbonyl (C=O) groups excluding carboxylic acids is 1. The van der Waals surface area contributed by atoms with Crippen LogP contribution in [-0.4, -0.2) is 49.2 Å². The molecule has 0 aromatic carbocycles. The molecule has 0 amide bonds. The van der Waals surface area contributed by atoms with E-state index in [2.05, 4.69) is 19.8 Å². The second-order valence-electron chi connectivity index (χ2n) is 4.66. The van der Waals surface area contributed by atoms with Crippen molar-refractivity contribution in [2.45, 2.75) is 0 Å². The van der Waals surface area contributed by atoms with Crippen molar-refractivity contribution in [3.05, 3.63) is 35.5 Å². The third-order valence-corrected chi connectivity index (χ3v) is 4.44. The van der Waals surface area contributed by atoms with Gasteiger partial charge in [0.15, 0.2) is 5.13 Å². The van der Waals surface area contributed by atoms with Gasteiger partial charge in [0, 0.05) is 32.4 Å². The summed E-state index contributed by atoms with van der Waals surface area (Å²) >= 11 is 1.38. The molecular weight excluding hydrogens is 288 g/mol. The van der Waals surface area contributed by atoms with Crippen molar-refractivity contribution in [1.82, 2.24) is 9.97 Å². The van der Waals surface area contributed by atoms with Gasteiger partial charge in [-0.15, -0.1) is 0 Å². The summed E-state index contributed by atoms with van der Waals surface area (Å²) in [5.41, 5.74) is 0. The lowest BCUT2D eigenvalue weighted by Crippen LogP contribution is -2.46. The fourth-order valence-corrected chi connectivity index (χ4v) is 3.16. The Hall–Kier alpha value is -2.15. The van der Waals surface area contributed by atoms with Crippen LogP contribution in [0, 0.1) is 0 Å². The van der Waals surface area contributed by atoms with Gasteiger partial charge in [0.1, 0.15) is 10.7 Å². The van der Waals surface area contributed by atoms with Crippen LogP contribution in [0.25, 0.3) is 0 Å². The first-order valence-electron chi connectivity index (χ1n) is 6.73. The van der Waals surface area contributed by atoms with Gasteiger partial charge < -0.3 is 14.5 Å². The number of thiazole rings is 1. The molecule has 3 heterocycles. The minimum Gasteiger partial charge on any atom is -0.465 e. The van der Waals surface area contributed by atoms with Crippen LogP contribution in [0.3, 0.4) is 0 Å². The second kappa shape index (κ2) is 6.09. The Bertz CT molecular complexity index is 608. The minimum atomic E-state index is -0.328. The van der Waals surface area contributed by atoms with Gasteiger partial charge in [0.25, 0.3) is 0 Å². The van der Waals surface area contributed by atoms with Gasteiger partial charge in [-0.25, -0.2) is 14.8 Å². The molecule has 0 saturated carbocycles. The first kappa shape index (κ1) is 13.8. The highest BCUT2D eigenvalue weighted by molar-refractivity contribution is 7.17. The Kier molecular flexibility index (Phi) is 4.01. The summed E-state index contributed by atoms with van der Waals surface area (Å²) < 4.78 is 4.71. The number of esters is 1. The van der Waals surface area contributed by atoms with Gasteiger partial charge in [0.2, 0.25) is 0 Å². The predicted octanol–water partition coefficient (Wildman–Crippen LogP) is 1.65. The zero-order valence-electron chi connectivity index (χ0n) is 11.7. The molecule has 0 N–H and O–H groups in total. The largest absolute Gasteiger partial charge is 0.465 e. The number of hydrogen-bond acceptors (Lipinski definition) is 7. The lowest BCUT2D eigenvalue weighted by molar-refractivity contribution is 0.0606. The van der Waals surface area contributed by atoms with E-state index in [0.29, 0.717) is 4.88 Å². The highest BCUT2D eigenvalue weighted by Crippen LogP contribution is 2.25. The van der Waals surface area contributed by atoms with Crippen LogP contribution in [0.5, 0.6) is 0 Å². The first-order valence-corrected chi connectivity index (χ1v) is 7.54. The molecular formula is C14H16N4O2S. The van der Waals surface area contributed by atoms with E-state index in [-0.39, 0.29) is 5.97 Å². The maximum atomic E-state index is 11.5. The molecule has 1 fully saturated rings. The van der Waals surface area contributed by atoms with Gasteiger partial charge in [0.05, 0.1) is 13.3 Å². The number of anilines is 2. The molecule has 0 spiro atoms. The number of ether oxygens (including phenoxy) is 1. The molecule has 2 aromatic heterocycles. The summed E-state index contributed by atoms with van der Waals surface area (Å²) in [6.45, 7) is 3.52. The molecule has 0 atom stereocenters. The highest BCUT2D eigenvalue weighted by Gasteiger charge is 2.21. The number of aromatic nitrogens is 2. The lowest BCUT2D eigenvalue weighted by atomic mass is 10.3. The summed E-state index contributed by atoms with van der Waals surface area (Å²) in [4.78, 5) is 25.1. The van der Waals surface area contributed by atoms with Gasteiger partial charge in [-0.05, 0) is 12.1 Å². The van der Waals surface area contributed by atoms with E-state index in [1.54, 1.807) is 6.20 Å². The molecule has 0 bridgehead atoms. The van der Waals surface area contributed by atoms with Crippen molar-refractivity contribution in [2.24, 2.45) is 0 Å². The fourth-order valence-electron chi connectivity index (χ4n) is 2.27. The topological polar surface area (TPSA) is 58.6 Å². The maximum absolute atomic E-state index is 11.5. The zero-order valence-corrected chi connectivity index (χ0v) is 12.5.